The maximum atomic E-state index is 2.51. The molecular weight excluding hydrogens is 192 g/mol. The van der Waals surface area contributed by atoms with Crippen molar-refractivity contribution in [3.05, 3.63) is 0 Å². The summed E-state index contributed by atoms with van der Waals surface area (Å²) in [5, 5.41) is 0. The van der Waals surface area contributed by atoms with Crippen LogP contribution in [0.3, 0.4) is 0 Å². The summed E-state index contributed by atoms with van der Waals surface area (Å²) in [6, 6.07) is 0. The first-order valence-electron chi connectivity index (χ1n) is 7.70. The van der Waals surface area contributed by atoms with Gasteiger partial charge >= 0.3 is 0 Å². The zero-order valence-corrected chi connectivity index (χ0v) is 12.0. The molecular formula is C16H32. The molecule has 0 spiro atoms. The van der Waals surface area contributed by atoms with E-state index in [0.29, 0.717) is 0 Å². The van der Waals surface area contributed by atoms with E-state index < -0.39 is 0 Å². The van der Waals surface area contributed by atoms with Gasteiger partial charge in [-0.05, 0) is 30.1 Å². The fraction of sp³-hybridized carbons (Fsp3) is 1.00. The molecule has 1 aliphatic carbocycles. The summed E-state index contributed by atoms with van der Waals surface area (Å²) in [5.74, 6) is 4.06. The molecule has 1 fully saturated rings. The Labute approximate surface area is 103 Å². The van der Waals surface area contributed by atoms with Gasteiger partial charge in [0.05, 0.1) is 0 Å². The molecule has 1 aliphatic rings. The lowest BCUT2D eigenvalue weighted by Gasteiger charge is -2.19. The Morgan fingerprint density at radius 3 is 1.75 bits per heavy atom. The molecule has 0 aromatic carbocycles. The third-order valence-corrected chi connectivity index (χ3v) is 5.03. The monoisotopic (exact) mass is 224 g/mol. The summed E-state index contributed by atoms with van der Waals surface area (Å²) < 4.78 is 0. The number of hydrogen-bond acceptors (Lipinski definition) is 0. The molecule has 0 aromatic rings. The van der Waals surface area contributed by atoms with Gasteiger partial charge < -0.3 is 0 Å². The Kier molecular flexibility index (Phi) is 6.46. The van der Waals surface area contributed by atoms with Gasteiger partial charge in [-0.25, -0.2) is 0 Å². The number of rotatable bonds is 7. The van der Waals surface area contributed by atoms with Gasteiger partial charge in [0.1, 0.15) is 0 Å². The SMILES string of the molecule is CCCCCC1CC(CCCC)C(C)C1C. The van der Waals surface area contributed by atoms with Crippen molar-refractivity contribution in [2.24, 2.45) is 23.7 Å². The van der Waals surface area contributed by atoms with Gasteiger partial charge in [-0.15, -0.1) is 0 Å². The van der Waals surface area contributed by atoms with Crippen molar-refractivity contribution in [3.8, 4) is 0 Å². The highest BCUT2D eigenvalue weighted by Gasteiger charge is 2.36. The van der Waals surface area contributed by atoms with Crippen LogP contribution in [0.15, 0.2) is 0 Å². The van der Waals surface area contributed by atoms with Crippen molar-refractivity contribution in [1.29, 1.82) is 0 Å². The van der Waals surface area contributed by atoms with E-state index >= 15 is 0 Å². The minimum atomic E-state index is 0.984. The molecule has 0 heterocycles. The highest BCUT2D eigenvalue weighted by Crippen LogP contribution is 2.45. The van der Waals surface area contributed by atoms with Crippen LogP contribution in [0.4, 0.5) is 0 Å². The number of hydrogen-bond donors (Lipinski definition) is 0. The molecule has 0 radical (unpaired) electrons. The van der Waals surface area contributed by atoms with Crippen LogP contribution in [-0.4, -0.2) is 0 Å². The summed E-state index contributed by atoms with van der Waals surface area (Å²) in [5.41, 5.74) is 0. The average molecular weight is 224 g/mol. The Morgan fingerprint density at radius 1 is 0.750 bits per heavy atom. The molecule has 0 saturated heterocycles. The fourth-order valence-corrected chi connectivity index (χ4v) is 3.56. The summed E-state index contributed by atoms with van der Waals surface area (Å²) in [6.45, 7) is 9.64. The van der Waals surface area contributed by atoms with Crippen molar-refractivity contribution in [2.45, 2.75) is 79.1 Å². The van der Waals surface area contributed by atoms with Crippen LogP contribution in [0.1, 0.15) is 79.1 Å². The van der Waals surface area contributed by atoms with Gasteiger partial charge in [0.15, 0.2) is 0 Å². The quantitative estimate of drug-likeness (QED) is 0.489. The summed E-state index contributed by atoms with van der Waals surface area (Å²) >= 11 is 0. The van der Waals surface area contributed by atoms with Crippen LogP contribution in [-0.2, 0) is 0 Å². The molecule has 4 atom stereocenters. The minimum absolute atomic E-state index is 0.984. The highest BCUT2D eigenvalue weighted by molar-refractivity contribution is 4.86. The van der Waals surface area contributed by atoms with Crippen molar-refractivity contribution in [3.63, 3.8) is 0 Å². The molecule has 0 N–H and O–H groups in total. The molecule has 0 bridgehead atoms. The molecule has 0 aliphatic heterocycles. The third-order valence-electron chi connectivity index (χ3n) is 5.03. The van der Waals surface area contributed by atoms with Crippen LogP contribution in [0, 0.1) is 23.7 Å². The van der Waals surface area contributed by atoms with Crippen LogP contribution in [0.5, 0.6) is 0 Å². The Bertz CT molecular complexity index is 173. The van der Waals surface area contributed by atoms with Gasteiger partial charge in [0, 0.05) is 0 Å². The number of unbranched alkanes of at least 4 members (excludes halogenated alkanes) is 3. The first-order valence-corrected chi connectivity index (χ1v) is 7.70. The maximum Gasteiger partial charge on any atom is -0.0383 e. The smallest absolute Gasteiger partial charge is 0.0383 e. The third kappa shape index (κ3) is 3.79. The molecule has 16 heavy (non-hydrogen) atoms. The largest absolute Gasteiger partial charge is 0.0654 e. The Hall–Kier alpha value is 0. The predicted molar refractivity (Wildman–Crippen MR) is 73.6 cm³/mol. The van der Waals surface area contributed by atoms with Gasteiger partial charge in [-0.2, -0.15) is 0 Å². The topological polar surface area (TPSA) is 0 Å². The van der Waals surface area contributed by atoms with Gasteiger partial charge in [-0.1, -0.05) is 72.6 Å². The molecule has 0 heteroatoms. The first-order chi connectivity index (χ1) is 7.70. The summed E-state index contributed by atoms with van der Waals surface area (Å²) in [4.78, 5) is 0. The highest BCUT2D eigenvalue weighted by atomic mass is 14.4. The standard InChI is InChI=1S/C16H32/c1-5-7-9-11-16-12-15(10-8-6-2)13(3)14(16)4/h13-16H,5-12H2,1-4H3. The van der Waals surface area contributed by atoms with E-state index in [1.807, 2.05) is 0 Å². The molecule has 96 valence electrons. The normalized spacial score (nSPS) is 34.5. The van der Waals surface area contributed by atoms with Crippen LogP contribution >= 0.6 is 0 Å². The summed E-state index contributed by atoms with van der Waals surface area (Å²) in [6.07, 6.45) is 11.6. The summed E-state index contributed by atoms with van der Waals surface area (Å²) in [7, 11) is 0. The zero-order valence-electron chi connectivity index (χ0n) is 12.0. The van der Waals surface area contributed by atoms with Gasteiger partial charge in [0.25, 0.3) is 0 Å². The molecule has 4 unspecified atom stereocenters. The van der Waals surface area contributed by atoms with E-state index in [-0.39, 0.29) is 0 Å². The average Bonchev–Trinajstić information content (AvgIpc) is 2.55. The molecule has 1 saturated carbocycles. The van der Waals surface area contributed by atoms with Crippen molar-refractivity contribution in [1.82, 2.24) is 0 Å². The zero-order chi connectivity index (χ0) is 12.0. The van der Waals surface area contributed by atoms with Gasteiger partial charge in [-0.3, -0.25) is 0 Å². The molecule has 0 nitrogen and oxygen atoms in total. The second-order valence-corrected chi connectivity index (χ2v) is 6.11. The van der Waals surface area contributed by atoms with Crippen molar-refractivity contribution < 1.29 is 0 Å². The second kappa shape index (κ2) is 7.35. The van der Waals surface area contributed by atoms with E-state index in [0.717, 1.165) is 23.7 Å². The van der Waals surface area contributed by atoms with E-state index in [1.165, 1.54) is 51.4 Å². The fourth-order valence-electron chi connectivity index (χ4n) is 3.56. The lowest BCUT2D eigenvalue weighted by atomic mass is 9.87. The van der Waals surface area contributed by atoms with Crippen molar-refractivity contribution >= 4 is 0 Å². The predicted octanol–water partition coefficient (Wildman–Crippen LogP) is 5.67. The van der Waals surface area contributed by atoms with Crippen molar-refractivity contribution in [2.75, 3.05) is 0 Å². The van der Waals surface area contributed by atoms with E-state index in [2.05, 4.69) is 27.7 Å². The second-order valence-electron chi connectivity index (χ2n) is 6.11. The Morgan fingerprint density at radius 2 is 1.25 bits per heavy atom. The van der Waals surface area contributed by atoms with Crippen LogP contribution < -0.4 is 0 Å². The van der Waals surface area contributed by atoms with E-state index in [1.54, 1.807) is 0 Å². The van der Waals surface area contributed by atoms with E-state index in [4.69, 9.17) is 0 Å². The minimum Gasteiger partial charge on any atom is -0.0654 e. The Balaban J connectivity index is 2.32. The van der Waals surface area contributed by atoms with Gasteiger partial charge in [0.2, 0.25) is 0 Å². The maximum absolute atomic E-state index is 2.51. The van der Waals surface area contributed by atoms with Crippen LogP contribution in [0.2, 0.25) is 0 Å². The molecule has 0 amide bonds. The lowest BCUT2D eigenvalue weighted by Crippen LogP contribution is -2.11. The molecule has 1 rings (SSSR count). The lowest BCUT2D eigenvalue weighted by molar-refractivity contribution is 0.308. The van der Waals surface area contributed by atoms with Crippen LogP contribution in [0.25, 0.3) is 0 Å². The van der Waals surface area contributed by atoms with E-state index in [9.17, 15) is 0 Å². The molecule has 0 aromatic heterocycles. The first kappa shape index (κ1) is 14.1.